The molecule has 0 aromatic carbocycles. The minimum absolute atomic E-state index is 0.571. The number of fused-ring (bicyclic) bond motifs is 2. The van der Waals surface area contributed by atoms with Gasteiger partial charge in [0.05, 0.1) is 0 Å². The van der Waals surface area contributed by atoms with Crippen LogP contribution in [0, 0.1) is 0 Å². The molecular formula is C9H12BrN. The van der Waals surface area contributed by atoms with E-state index in [0.29, 0.717) is 12.1 Å². The zero-order valence-electron chi connectivity index (χ0n) is 6.39. The molecule has 60 valence electrons. The van der Waals surface area contributed by atoms with Crippen molar-refractivity contribution < 1.29 is 0 Å². The highest BCUT2D eigenvalue weighted by molar-refractivity contribution is 9.11. The lowest BCUT2D eigenvalue weighted by Gasteiger charge is -2.25. The molecule has 2 heteroatoms. The monoisotopic (exact) mass is 213 g/mol. The zero-order valence-corrected chi connectivity index (χ0v) is 7.97. The van der Waals surface area contributed by atoms with Gasteiger partial charge in [0.2, 0.25) is 0 Å². The Morgan fingerprint density at radius 1 is 1.36 bits per heavy atom. The summed E-state index contributed by atoms with van der Waals surface area (Å²) in [6, 6.07) is 1.24. The maximum Gasteiger partial charge on any atom is 0.0298 e. The Kier molecular flexibility index (Phi) is 2.14. The fourth-order valence-electron chi connectivity index (χ4n) is 1.72. The third kappa shape index (κ3) is 1.74. The number of hydrogen-bond acceptors (Lipinski definition) is 1. The molecule has 0 unspecified atom stereocenters. The Morgan fingerprint density at radius 3 is 3.09 bits per heavy atom. The Labute approximate surface area is 75.7 Å². The van der Waals surface area contributed by atoms with E-state index in [2.05, 4.69) is 39.5 Å². The summed E-state index contributed by atoms with van der Waals surface area (Å²) in [4.78, 5) is 0. The molecule has 0 saturated carbocycles. The number of nitrogens with one attached hydrogen (secondary N) is 1. The molecule has 0 spiro atoms. The predicted molar refractivity (Wildman–Crippen MR) is 50.7 cm³/mol. The summed E-state index contributed by atoms with van der Waals surface area (Å²) >= 11 is 3.57. The summed E-state index contributed by atoms with van der Waals surface area (Å²) in [5.41, 5.74) is 0. The van der Waals surface area contributed by atoms with Crippen molar-refractivity contribution in [2.24, 2.45) is 0 Å². The van der Waals surface area contributed by atoms with Gasteiger partial charge in [-0.3, -0.25) is 0 Å². The van der Waals surface area contributed by atoms with Crippen molar-refractivity contribution in [3.8, 4) is 0 Å². The van der Waals surface area contributed by atoms with Crippen LogP contribution in [0.5, 0.6) is 0 Å². The van der Waals surface area contributed by atoms with E-state index in [4.69, 9.17) is 0 Å². The van der Waals surface area contributed by atoms with Gasteiger partial charge in [-0.1, -0.05) is 34.2 Å². The van der Waals surface area contributed by atoms with Crippen LogP contribution < -0.4 is 5.32 Å². The topological polar surface area (TPSA) is 12.0 Å². The van der Waals surface area contributed by atoms with Crippen LogP contribution in [0.15, 0.2) is 22.7 Å². The normalized spacial score (nSPS) is 36.3. The molecule has 11 heavy (non-hydrogen) atoms. The summed E-state index contributed by atoms with van der Waals surface area (Å²) in [6.45, 7) is 0. The molecule has 0 aromatic rings. The Balaban J connectivity index is 2.17. The standard InChI is InChI=1S/C9H12BrN/c10-7-5-8-3-1-2-4-9(6-7)11-8/h1-2,5,8-9,11H,3-4,6H2/t8-,9-/m1/s1. The Morgan fingerprint density at radius 2 is 2.18 bits per heavy atom. The van der Waals surface area contributed by atoms with Crippen LogP contribution in [-0.4, -0.2) is 12.1 Å². The molecule has 0 aromatic heterocycles. The first-order valence-electron chi connectivity index (χ1n) is 4.12. The van der Waals surface area contributed by atoms with Gasteiger partial charge in [-0.05, 0) is 23.7 Å². The second-order valence-electron chi connectivity index (χ2n) is 3.23. The quantitative estimate of drug-likeness (QED) is 0.610. The van der Waals surface area contributed by atoms with E-state index in [-0.39, 0.29) is 0 Å². The van der Waals surface area contributed by atoms with Crippen LogP contribution in [0.2, 0.25) is 0 Å². The molecule has 0 aliphatic carbocycles. The minimum atomic E-state index is 0.571. The van der Waals surface area contributed by atoms with Gasteiger partial charge in [-0.25, -0.2) is 0 Å². The van der Waals surface area contributed by atoms with Crippen LogP contribution in [0.1, 0.15) is 19.3 Å². The van der Waals surface area contributed by atoms with E-state index in [1.807, 2.05) is 0 Å². The largest absolute Gasteiger partial charge is 0.307 e. The molecule has 2 rings (SSSR count). The third-order valence-electron chi connectivity index (χ3n) is 2.25. The number of hydrogen-bond donors (Lipinski definition) is 1. The Hall–Kier alpha value is -0.0800. The van der Waals surface area contributed by atoms with Crippen molar-refractivity contribution in [1.29, 1.82) is 0 Å². The van der Waals surface area contributed by atoms with Crippen molar-refractivity contribution in [1.82, 2.24) is 5.32 Å². The average molecular weight is 214 g/mol. The molecule has 2 atom stereocenters. The molecule has 0 fully saturated rings. The molecule has 2 aliphatic heterocycles. The van der Waals surface area contributed by atoms with E-state index < -0.39 is 0 Å². The lowest BCUT2D eigenvalue weighted by atomic mass is 10.0. The van der Waals surface area contributed by atoms with E-state index in [1.54, 1.807) is 0 Å². The van der Waals surface area contributed by atoms with Crippen molar-refractivity contribution in [2.75, 3.05) is 0 Å². The molecular weight excluding hydrogens is 202 g/mol. The lowest BCUT2D eigenvalue weighted by molar-refractivity contribution is 0.464. The fourth-order valence-corrected chi connectivity index (χ4v) is 2.43. The van der Waals surface area contributed by atoms with Crippen molar-refractivity contribution in [2.45, 2.75) is 31.3 Å². The molecule has 0 saturated heterocycles. The van der Waals surface area contributed by atoms with Crippen LogP contribution in [-0.2, 0) is 0 Å². The fraction of sp³-hybridized carbons (Fsp3) is 0.556. The van der Waals surface area contributed by atoms with Crippen molar-refractivity contribution in [3.05, 3.63) is 22.7 Å². The van der Waals surface area contributed by atoms with Gasteiger partial charge in [0.25, 0.3) is 0 Å². The van der Waals surface area contributed by atoms with Crippen molar-refractivity contribution in [3.63, 3.8) is 0 Å². The highest BCUT2D eigenvalue weighted by Crippen LogP contribution is 2.24. The smallest absolute Gasteiger partial charge is 0.0298 e. The molecule has 1 N–H and O–H groups in total. The number of halogens is 1. The van der Waals surface area contributed by atoms with Gasteiger partial charge >= 0.3 is 0 Å². The predicted octanol–water partition coefficient (Wildman–Crippen LogP) is 2.35. The second kappa shape index (κ2) is 3.11. The molecule has 2 bridgehead atoms. The number of rotatable bonds is 0. The summed E-state index contributed by atoms with van der Waals surface area (Å²) in [5, 5.41) is 3.58. The maximum absolute atomic E-state index is 3.58. The van der Waals surface area contributed by atoms with E-state index >= 15 is 0 Å². The average Bonchev–Trinajstić information content (AvgIpc) is 2.11. The van der Waals surface area contributed by atoms with Crippen LogP contribution in [0.4, 0.5) is 0 Å². The first-order valence-corrected chi connectivity index (χ1v) is 4.91. The zero-order chi connectivity index (χ0) is 7.68. The van der Waals surface area contributed by atoms with Gasteiger partial charge in [-0.2, -0.15) is 0 Å². The Bertz CT molecular complexity index is 208. The second-order valence-corrected chi connectivity index (χ2v) is 4.25. The van der Waals surface area contributed by atoms with E-state index in [1.165, 1.54) is 10.9 Å². The first kappa shape index (κ1) is 7.56. The molecule has 1 nitrogen and oxygen atoms in total. The summed E-state index contributed by atoms with van der Waals surface area (Å²) in [6.07, 6.45) is 10.3. The van der Waals surface area contributed by atoms with E-state index in [0.717, 1.165) is 12.8 Å². The first-order chi connectivity index (χ1) is 5.34. The van der Waals surface area contributed by atoms with E-state index in [9.17, 15) is 0 Å². The summed E-state index contributed by atoms with van der Waals surface area (Å²) in [7, 11) is 0. The molecule has 2 aliphatic rings. The van der Waals surface area contributed by atoms with Crippen LogP contribution in [0.3, 0.4) is 0 Å². The highest BCUT2D eigenvalue weighted by Gasteiger charge is 2.20. The maximum atomic E-state index is 3.58. The summed E-state index contributed by atoms with van der Waals surface area (Å²) in [5.74, 6) is 0. The van der Waals surface area contributed by atoms with Crippen LogP contribution in [0.25, 0.3) is 0 Å². The minimum Gasteiger partial charge on any atom is -0.307 e. The summed E-state index contributed by atoms with van der Waals surface area (Å²) < 4.78 is 1.37. The van der Waals surface area contributed by atoms with Gasteiger partial charge in [0.15, 0.2) is 0 Å². The van der Waals surface area contributed by atoms with Gasteiger partial charge in [0, 0.05) is 12.1 Å². The molecule has 2 heterocycles. The van der Waals surface area contributed by atoms with Crippen molar-refractivity contribution >= 4 is 15.9 Å². The van der Waals surface area contributed by atoms with Gasteiger partial charge < -0.3 is 5.32 Å². The van der Waals surface area contributed by atoms with Gasteiger partial charge in [0.1, 0.15) is 0 Å². The third-order valence-corrected chi connectivity index (χ3v) is 2.84. The van der Waals surface area contributed by atoms with Gasteiger partial charge in [-0.15, -0.1) is 0 Å². The molecule has 0 amide bonds. The SMILES string of the molecule is BrC1=C[C@H]2CC=CC[C@H](C1)N2. The lowest BCUT2D eigenvalue weighted by Crippen LogP contribution is -2.38. The van der Waals surface area contributed by atoms with Crippen LogP contribution >= 0.6 is 15.9 Å². The highest BCUT2D eigenvalue weighted by atomic mass is 79.9. The molecule has 0 radical (unpaired) electrons.